The van der Waals surface area contributed by atoms with Crippen LogP contribution in [0.3, 0.4) is 0 Å². The topological polar surface area (TPSA) is 21.3 Å². The molecule has 0 bridgehead atoms. The standard InChI is InChI=1S/C13H23NOS/c1-4-5-8-15-9-7-14-12(3)13-11(2)6-10-16-13/h6,10,12,14H,4-5,7-9H2,1-3H3. The van der Waals surface area contributed by atoms with Crippen LogP contribution in [0.25, 0.3) is 0 Å². The van der Waals surface area contributed by atoms with E-state index in [1.54, 1.807) is 0 Å². The Morgan fingerprint density at radius 3 is 2.88 bits per heavy atom. The zero-order valence-electron chi connectivity index (χ0n) is 10.6. The van der Waals surface area contributed by atoms with Gasteiger partial charge in [-0.15, -0.1) is 11.3 Å². The first-order valence-corrected chi connectivity index (χ1v) is 6.98. The number of ether oxygens (including phenoxy) is 1. The van der Waals surface area contributed by atoms with Gasteiger partial charge in [-0.3, -0.25) is 0 Å². The molecule has 1 heterocycles. The van der Waals surface area contributed by atoms with E-state index in [0.29, 0.717) is 6.04 Å². The highest BCUT2D eigenvalue weighted by molar-refractivity contribution is 7.10. The highest BCUT2D eigenvalue weighted by atomic mass is 32.1. The molecule has 1 rings (SSSR count). The van der Waals surface area contributed by atoms with Crippen molar-refractivity contribution in [2.24, 2.45) is 0 Å². The summed E-state index contributed by atoms with van der Waals surface area (Å²) >= 11 is 1.83. The molecule has 0 aliphatic heterocycles. The minimum atomic E-state index is 0.440. The maximum absolute atomic E-state index is 5.51. The summed E-state index contributed by atoms with van der Waals surface area (Å²) in [6.45, 7) is 9.21. The Morgan fingerprint density at radius 2 is 2.25 bits per heavy atom. The van der Waals surface area contributed by atoms with Gasteiger partial charge in [0.2, 0.25) is 0 Å². The van der Waals surface area contributed by atoms with Crippen LogP contribution in [0.5, 0.6) is 0 Å². The Bertz CT molecular complexity index is 285. The molecule has 0 radical (unpaired) electrons. The van der Waals surface area contributed by atoms with Crippen LogP contribution in [0, 0.1) is 6.92 Å². The zero-order chi connectivity index (χ0) is 11.8. The van der Waals surface area contributed by atoms with Gasteiger partial charge in [0.1, 0.15) is 0 Å². The molecule has 0 fully saturated rings. The molecule has 92 valence electrons. The molecule has 1 aromatic heterocycles. The van der Waals surface area contributed by atoms with Crippen molar-refractivity contribution >= 4 is 11.3 Å². The third-order valence-corrected chi connectivity index (χ3v) is 3.84. The third kappa shape index (κ3) is 4.64. The summed E-state index contributed by atoms with van der Waals surface area (Å²) in [5.74, 6) is 0. The summed E-state index contributed by atoms with van der Waals surface area (Å²) in [4.78, 5) is 1.44. The Kier molecular flexibility index (Phi) is 6.69. The van der Waals surface area contributed by atoms with Gasteiger partial charge in [0.05, 0.1) is 6.61 Å². The number of unbranched alkanes of at least 4 members (excludes halogenated alkanes) is 1. The lowest BCUT2D eigenvalue weighted by atomic mass is 10.2. The molecule has 0 amide bonds. The fourth-order valence-electron chi connectivity index (χ4n) is 1.62. The van der Waals surface area contributed by atoms with Gasteiger partial charge in [0, 0.05) is 24.1 Å². The predicted molar refractivity (Wildman–Crippen MR) is 71.2 cm³/mol. The minimum absolute atomic E-state index is 0.440. The first-order chi connectivity index (χ1) is 7.75. The van der Waals surface area contributed by atoms with Gasteiger partial charge in [-0.25, -0.2) is 0 Å². The molecule has 16 heavy (non-hydrogen) atoms. The van der Waals surface area contributed by atoms with Crippen LogP contribution in [0.2, 0.25) is 0 Å². The number of hydrogen-bond acceptors (Lipinski definition) is 3. The van der Waals surface area contributed by atoms with Gasteiger partial charge in [-0.05, 0) is 37.3 Å². The van der Waals surface area contributed by atoms with Crippen LogP contribution in [0.15, 0.2) is 11.4 Å². The summed E-state index contributed by atoms with van der Waals surface area (Å²) in [5, 5.41) is 5.64. The van der Waals surface area contributed by atoms with Crippen molar-refractivity contribution in [3.05, 3.63) is 21.9 Å². The van der Waals surface area contributed by atoms with Crippen molar-refractivity contribution in [1.29, 1.82) is 0 Å². The van der Waals surface area contributed by atoms with Crippen molar-refractivity contribution in [2.75, 3.05) is 19.8 Å². The molecule has 0 saturated carbocycles. The van der Waals surface area contributed by atoms with Crippen LogP contribution < -0.4 is 5.32 Å². The maximum atomic E-state index is 5.51. The van der Waals surface area contributed by atoms with E-state index in [1.165, 1.54) is 23.3 Å². The van der Waals surface area contributed by atoms with Crippen molar-refractivity contribution in [3.8, 4) is 0 Å². The molecule has 0 aliphatic rings. The number of nitrogens with one attached hydrogen (secondary N) is 1. The van der Waals surface area contributed by atoms with E-state index in [1.807, 2.05) is 11.3 Å². The number of aryl methyl sites for hydroxylation is 1. The van der Waals surface area contributed by atoms with Crippen LogP contribution in [0.1, 0.15) is 43.2 Å². The highest BCUT2D eigenvalue weighted by Gasteiger charge is 2.08. The quantitative estimate of drug-likeness (QED) is 0.703. The molecule has 3 heteroatoms. The highest BCUT2D eigenvalue weighted by Crippen LogP contribution is 2.22. The van der Waals surface area contributed by atoms with Crippen LogP contribution in [0.4, 0.5) is 0 Å². The van der Waals surface area contributed by atoms with E-state index in [9.17, 15) is 0 Å². The van der Waals surface area contributed by atoms with E-state index in [4.69, 9.17) is 4.74 Å². The van der Waals surface area contributed by atoms with Crippen molar-refractivity contribution in [2.45, 2.75) is 39.7 Å². The third-order valence-electron chi connectivity index (χ3n) is 2.63. The summed E-state index contributed by atoms with van der Waals surface area (Å²) in [6.07, 6.45) is 2.37. The molecule has 1 atom stereocenters. The molecule has 1 unspecified atom stereocenters. The molecular formula is C13H23NOS. The van der Waals surface area contributed by atoms with E-state index in [2.05, 4.69) is 37.5 Å². The molecule has 0 aromatic carbocycles. The smallest absolute Gasteiger partial charge is 0.0591 e. The van der Waals surface area contributed by atoms with Crippen LogP contribution >= 0.6 is 11.3 Å². The van der Waals surface area contributed by atoms with E-state index in [0.717, 1.165) is 19.8 Å². The Balaban J connectivity index is 2.11. The Hall–Kier alpha value is -0.380. The van der Waals surface area contributed by atoms with E-state index in [-0.39, 0.29) is 0 Å². The minimum Gasteiger partial charge on any atom is -0.380 e. The number of thiophene rings is 1. The Morgan fingerprint density at radius 1 is 1.44 bits per heavy atom. The first kappa shape index (κ1) is 13.7. The maximum Gasteiger partial charge on any atom is 0.0591 e. The average molecular weight is 241 g/mol. The molecule has 1 aromatic rings. The van der Waals surface area contributed by atoms with Gasteiger partial charge in [-0.1, -0.05) is 13.3 Å². The summed E-state index contributed by atoms with van der Waals surface area (Å²) < 4.78 is 5.51. The van der Waals surface area contributed by atoms with Gasteiger partial charge >= 0.3 is 0 Å². The second kappa shape index (κ2) is 7.82. The largest absolute Gasteiger partial charge is 0.380 e. The molecule has 2 nitrogen and oxygen atoms in total. The summed E-state index contributed by atoms with van der Waals surface area (Å²) in [6, 6.07) is 2.62. The van der Waals surface area contributed by atoms with E-state index < -0.39 is 0 Å². The molecule has 0 spiro atoms. The van der Waals surface area contributed by atoms with E-state index >= 15 is 0 Å². The van der Waals surface area contributed by atoms with Crippen molar-refractivity contribution in [1.82, 2.24) is 5.32 Å². The monoisotopic (exact) mass is 241 g/mol. The van der Waals surface area contributed by atoms with Gasteiger partial charge in [-0.2, -0.15) is 0 Å². The average Bonchev–Trinajstić information content (AvgIpc) is 2.69. The normalized spacial score (nSPS) is 12.9. The summed E-state index contributed by atoms with van der Waals surface area (Å²) in [5.41, 5.74) is 1.39. The first-order valence-electron chi connectivity index (χ1n) is 6.10. The van der Waals surface area contributed by atoms with Crippen molar-refractivity contribution < 1.29 is 4.74 Å². The molecule has 0 aliphatic carbocycles. The zero-order valence-corrected chi connectivity index (χ0v) is 11.4. The Labute approximate surface area is 103 Å². The van der Waals surface area contributed by atoms with Crippen molar-refractivity contribution in [3.63, 3.8) is 0 Å². The SMILES string of the molecule is CCCCOCCNC(C)c1sccc1C. The number of rotatable bonds is 8. The van der Waals surface area contributed by atoms with Gasteiger partial charge in [0.25, 0.3) is 0 Å². The predicted octanol–water partition coefficient (Wildman–Crippen LogP) is 3.52. The molecular weight excluding hydrogens is 218 g/mol. The lowest BCUT2D eigenvalue weighted by Gasteiger charge is -2.13. The van der Waals surface area contributed by atoms with Crippen LogP contribution in [-0.4, -0.2) is 19.8 Å². The molecule has 0 saturated heterocycles. The molecule has 1 N–H and O–H groups in total. The van der Waals surface area contributed by atoms with Gasteiger partial charge in [0.15, 0.2) is 0 Å². The fraction of sp³-hybridized carbons (Fsp3) is 0.692. The summed E-state index contributed by atoms with van der Waals surface area (Å²) in [7, 11) is 0. The van der Waals surface area contributed by atoms with Crippen LogP contribution in [-0.2, 0) is 4.74 Å². The second-order valence-electron chi connectivity index (χ2n) is 4.11. The number of hydrogen-bond donors (Lipinski definition) is 1. The fourth-order valence-corrected chi connectivity index (χ4v) is 2.58. The lowest BCUT2D eigenvalue weighted by Crippen LogP contribution is -2.23. The second-order valence-corrected chi connectivity index (χ2v) is 5.06. The van der Waals surface area contributed by atoms with Gasteiger partial charge < -0.3 is 10.1 Å². The lowest BCUT2D eigenvalue weighted by molar-refractivity contribution is 0.131.